The van der Waals surface area contributed by atoms with E-state index in [1.807, 2.05) is 73.5 Å². The molecule has 0 bridgehead atoms. The summed E-state index contributed by atoms with van der Waals surface area (Å²) in [4.78, 5) is 21.3. The Hall–Kier alpha value is -7.59. The number of aryl methyl sites for hydroxylation is 2. The molecular formula is C47H44N14O. The zero-order valence-corrected chi connectivity index (χ0v) is 34.5. The maximum atomic E-state index is 9.16. The van der Waals surface area contributed by atoms with Crippen molar-refractivity contribution in [3.8, 4) is 62.8 Å². The second kappa shape index (κ2) is 17.6. The van der Waals surface area contributed by atoms with E-state index in [0.717, 1.165) is 107 Å². The van der Waals surface area contributed by atoms with E-state index in [1.165, 1.54) is 0 Å². The topological polar surface area (TPSA) is 198 Å². The first-order chi connectivity index (χ1) is 30.3. The second-order valence-electron chi connectivity index (χ2n) is 15.7. The van der Waals surface area contributed by atoms with Crippen molar-refractivity contribution >= 4 is 27.9 Å². The van der Waals surface area contributed by atoms with E-state index in [0.29, 0.717) is 40.5 Å². The minimum atomic E-state index is 0.242. The molecular weight excluding hydrogens is 777 g/mol. The van der Waals surface area contributed by atoms with Gasteiger partial charge in [-0.1, -0.05) is 35.5 Å². The lowest BCUT2D eigenvalue weighted by molar-refractivity contribution is 0.259. The first-order valence-electron chi connectivity index (χ1n) is 20.6. The molecule has 62 heavy (non-hydrogen) atoms. The first kappa shape index (κ1) is 39.8. The van der Waals surface area contributed by atoms with Gasteiger partial charge in [-0.3, -0.25) is 14.6 Å². The number of pyridine rings is 2. The van der Waals surface area contributed by atoms with Gasteiger partial charge in [0.05, 0.1) is 64.9 Å². The molecule has 1 unspecified atom stereocenters. The third-order valence-electron chi connectivity index (χ3n) is 11.4. The van der Waals surface area contributed by atoms with Crippen LogP contribution in [0.4, 0.5) is 5.82 Å². The Kier molecular flexibility index (Phi) is 11.3. The van der Waals surface area contributed by atoms with Gasteiger partial charge in [-0.25, -0.2) is 14.6 Å². The molecule has 0 aliphatic carbocycles. The summed E-state index contributed by atoms with van der Waals surface area (Å²) in [7, 11) is 3.73. The summed E-state index contributed by atoms with van der Waals surface area (Å²) in [6, 6.07) is 29.7. The smallest absolute Gasteiger partial charge is 0.178 e. The van der Waals surface area contributed by atoms with Gasteiger partial charge in [0, 0.05) is 85.7 Å². The molecule has 0 spiro atoms. The number of nitrogens with one attached hydrogen (secondary N) is 1. The maximum Gasteiger partial charge on any atom is 0.178 e. The van der Waals surface area contributed by atoms with Crippen LogP contribution in [0.5, 0.6) is 5.75 Å². The van der Waals surface area contributed by atoms with Crippen molar-refractivity contribution in [3.05, 3.63) is 115 Å². The number of fused-ring (bicyclic) bond motifs is 2. The highest BCUT2D eigenvalue weighted by molar-refractivity contribution is 5.88. The SMILES string of the molecule is Cn1cc2cc(-c3ncc(OCC4CCNC4)cc3-c3ccc(C#N)cc3)ccc2n1.Cn1nnc2cc(-c3ncc(N4CCC(N)CC4)nc3-c3ccc(C#N)cc3)cnc21. The Morgan fingerprint density at radius 2 is 1.48 bits per heavy atom. The fraction of sp³-hybridized carbons (Fsp3) is 0.255. The molecule has 0 saturated carbocycles. The predicted molar refractivity (Wildman–Crippen MR) is 237 cm³/mol. The molecule has 3 N–H and O–H groups in total. The molecule has 15 heteroatoms. The average molecular weight is 821 g/mol. The van der Waals surface area contributed by atoms with Crippen LogP contribution in [0.25, 0.3) is 67.0 Å². The minimum Gasteiger partial charge on any atom is -0.492 e. The highest BCUT2D eigenvalue weighted by Crippen LogP contribution is 2.35. The molecule has 2 aliphatic heterocycles. The Labute approximate surface area is 358 Å². The summed E-state index contributed by atoms with van der Waals surface area (Å²) in [6.07, 6.45) is 10.4. The predicted octanol–water partition coefficient (Wildman–Crippen LogP) is 6.45. The van der Waals surface area contributed by atoms with Crippen LogP contribution >= 0.6 is 0 Å². The van der Waals surface area contributed by atoms with Crippen LogP contribution in [0.3, 0.4) is 0 Å². The van der Waals surface area contributed by atoms with E-state index in [4.69, 9.17) is 35.9 Å². The Balaban J connectivity index is 0.000000158. The maximum absolute atomic E-state index is 9.16. The standard InChI is InChI=1S/C25H23N5O.C22H21N9/c1-30-15-21-10-20(6-7-24(21)29-30)25-23(19-4-2-17(12-26)3-5-19)11-22(14-28-25)31-16-18-8-9-27-13-18;1-30-22-18(28-29-30)10-16(12-26-22)20-21(15-4-2-14(11-23)3-5-15)27-19(13-25-20)31-8-6-17(24)7-9-31/h2-7,10-11,14-15,18,27H,8-9,13,16H2,1H3;2-5,10,12-13,17H,6-9,24H2,1H3. The van der Waals surface area contributed by atoms with Crippen molar-refractivity contribution in [2.45, 2.75) is 25.3 Å². The third-order valence-corrected chi connectivity index (χ3v) is 11.4. The Morgan fingerprint density at radius 3 is 2.21 bits per heavy atom. The van der Waals surface area contributed by atoms with Crippen LogP contribution in [-0.4, -0.2) is 83.5 Å². The Morgan fingerprint density at radius 1 is 0.758 bits per heavy atom. The van der Waals surface area contributed by atoms with E-state index in [-0.39, 0.29) is 6.04 Å². The van der Waals surface area contributed by atoms with E-state index in [9.17, 15) is 0 Å². The molecule has 2 saturated heterocycles. The molecule has 0 amide bonds. The van der Waals surface area contributed by atoms with Crippen molar-refractivity contribution < 1.29 is 4.74 Å². The fourth-order valence-corrected chi connectivity index (χ4v) is 7.90. The van der Waals surface area contributed by atoms with Crippen molar-refractivity contribution in [1.82, 2.24) is 50.0 Å². The molecule has 2 aliphatic rings. The van der Waals surface area contributed by atoms with Crippen molar-refractivity contribution in [3.63, 3.8) is 0 Å². The number of hydrogen-bond donors (Lipinski definition) is 2. The number of nitrogens with zero attached hydrogens (tertiary/aromatic N) is 12. The van der Waals surface area contributed by atoms with Gasteiger partial charge in [0.25, 0.3) is 0 Å². The lowest BCUT2D eigenvalue weighted by Gasteiger charge is -2.31. The third kappa shape index (κ3) is 8.53. The number of nitriles is 2. The van der Waals surface area contributed by atoms with Crippen LogP contribution < -0.4 is 20.7 Å². The number of benzene rings is 3. The quantitative estimate of drug-likeness (QED) is 0.170. The lowest BCUT2D eigenvalue weighted by Crippen LogP contribution is -2.40. The number of ether oxygens (including phenoxy) is 1. The van der Waals surface area contributed by atoms with Gasteiger partial charge in [-0.2, -0.15) is 15.6 Å². The normalized spacial score (nSPS) is 15.2. The van der Waals surface area contributed by atoms with Crippen LogP contribution in [0.2, 0.25) is 0 Å². The molecule has 3 aromatic carbocycles. The number of piperidine rings is 1. The number of anilines is 1. The second-order valence-corrected chi connectivity index (χ2v) is 15.7. The molecule has 7 heterocycles. The summed E-state index contributed by atoms with van der Waals surface area (Å²) in [6.45, 7) is 4.45. The van der Waals surface area contributed by atoms with E-state index in [2.05, 4.69) is 60.9 Å². The van der Waals surface area contributed by atoms with Crippen LogP contribution in [-0.2, 0) is 14.1 Å². The van der Waals surface area contributed by atoms with E-state index in [1.54, 1.807) is 35.4 Å². The molecule has 8 aromatic rings. The van der Waals surface area contributed by atoms with Gasteiger partial charge in [0.15, 0.2) is 5.65 Å². The lowest BCUT2D eigenvalue weighted by atomic mass is 9.97. The summed E-state index contributed by atoms with van der Waals surface area (Å²) in [5, 5.41) is 35.4. The largest absolute Gasteiger partial charge is 0.492 e. The van der Waals surface area contributed by atoms with E-state index < -0.39 is 0 Å². The summed E-state index contributed by atoms with van der Waals surface area (Å²) < 4.78 is 9.55. The first-order valence-corrected chi connectivity index (χ1v) is 20.6. The van der Waals surface area contributed by atoms with Crippen molar-refractivity contribution in [2.24, 2.45) is 25.7 Å². The Bertz CT molecular complexity index is 2950. The van der Waals surface area contributed by atoms with Crippen molar-refractivity contribution in [2.75, 3.05) is 37.7 Å². The zero-order chi connectivity index (χ0) is 42.6. The molecule has 10 rings (SSSR count). The summed E-state index contributed by atoms with van der Waals surface area (Å²) in [5.74, 6) is 2.12. The fourth-order valence-electron chi connectivity index (χ4n) is 7.90. The average Bonchev–Trinajstić information content (AvgIpc) is 4.08. The van der Waals surface area contributed by atoms with Gasteiger partial charge < -0.3 is 20.7 Å². The van der Waals surface area contributed by atoms with E-state index >= 15 is 0 Å². The van der Waals surface area contributed by atoms with Gasteiger partial charge in [-0.15, -0.1) is 5.10 Å². The molecule has 1 atom stereocenters. The highest BCUT2D eigenvalue weighted by Gasteiger charge is 2.21. The molecule has 2 fully saturated rings. The number of aromatic nitrogens is 9. The van der Waals surface area contributed by atoms with Crippen molar-refractivity contribution in [1.29, 1.82) is 10.5 Å². The minimum absolute atomic E-state index is 0.242. The number of nitrogens with two attached hydrogens (primary N) is 1. The van der Waals surface area contributed by atoms with Gasteiger partial charge in [-0.05, 0) is 79.9 Å². The summed E-state index contributed by atoms with van der Waals surface area (Å²) >= 11 is 0. The number of hydrogen-bond acceptors (Lipinski definition) is 13. The monoisotopic (exact) mass is 820 g/mol. The summed E-state index contributed by atoms with van der Waals surface area (Å²) in [5.41, 5.74) is 16.7. The van der Waals surface area contributed by atoms with Crippen LogP contribution in [0, 0.1) is 28.6 Å². The zero-order valence-electron chi connectivity index (χ0n) is 34.5. The van der Waals surface area contributed by atoms with Gasteiger partial charge in [0.2, 0.25) is 0 Å². The molecule has 0 radical (unpaired) electrons. The van der Waals surface area contributed by atoms with Crippen LogP contribution in [0.1, 0.15) is 30.4 Å². The molecule has 308 valence electrons. The molecule has 15 nitrogen and oxygen atoms in total. The highest BCUT2D eigenvalue weighted by atomic mass is 16.5. The van der Waals surface area contributed by atoms with Crippen LogP contribution in [0.15, 0.2) is 104 Å². The van der Waals surface area contributed by atoms with Gasteiger partial charge in [0.1, 0.15) is 17.1 Å². The number of rotatable bonds is 8. The van der Waals surface area contributed by atoms with Gasteiger partial charge >= 0.3 is 0 Å². The molecule has 5 aromatic heterocycles.